The van der Waals surface area contributed by atoms with E-state index >= 15 is 0 Å². The van der Waals surface area contributed by atoms with E-state index in [2.05, 4.69) is 11.4 Å². The third-order valence-electron chi connectivity index (χ3n) is 1.58. The predicted molar refractivity (Wildman–Crippen MR) is 54.1 cm³/mol. The molecule has 0 saturated heterocycles. The summed E-state index contributed by atoms with van der Waals surface area (Å²) in [5.41, 5.74) is 1.55. The summed E-state index contributed by atoms with van der Waals surface area (Å²) < 4.78 is 0. The number of hydrogen-bond acceptors (Lipinski definition) is 1. The van der Waals surface area contributed by atoms with Crippen LogP contribution in [0.3, 0.4) is 0 Å². The van der Waals surface area contributed by atoms with Gasteiger partial charge in [0.25, 0.3) is 0 Å². The largest absolute Gasteiger partial charge is 0.212 e. The fourth-order valence-electron chi connectivity index (χ4n) is 0.986. The molecule has 0 fully saturated rings. The van der Waals surface area contributed by atoms with E-state index in [1.54, 1.807) is 6.08 Å². The number of halogens is 2. The summed E-state index contributed by atoms with van der Waals surface area (Å²) in [5, 5.41) is 0. The predicted octanol–water partition coefficient (Wildman–Crippen LogP) is 3.31. The third kappa shape index (κ3) is 2.01. The molecule has 1 nitrogen and oxygen atoms in total. The first-order valence-electron chi connectivity index (χ1n) is 3.51. The molecule has 3 heteroatoms. The van der Waals surface area contributed by atoms with Crippen molar-refractivity contribution in [3.8, 4) is 0 Å². The summed E-state index contributed by atoms with van der Waals surface area (Å²) in [7, 11) is 0. The highest BCUT2D eigenvalue weighted by Crippen LogP contribution is 2.22. The van der Waals surface area contributed by atoms with Gasteiger partial charge in [-0.2, -0.15) is 0 Å². The Bertz CT molecular complexity index is 273. The van der Waals surface area contributed by atoms with Crippen molar-refractivity contribution in [2.24, 2.45) is 0 Å². The van der Waals surface area contributed by atoms with Crippen molar-refractivity contribution in [1.29, 1.82) is 0 Å². The van der Waals surface area contributed by atoms with E-state index in [-0.39, 0.29) is 5.50 Å². The maximum atomic E-state index is 5.88. The normalized spacial score (nSPS) is 12.5. The lowest BCUT2D eigenvalue weighted by Crippen LogP contribution is -2.05. The van der Waals surface area contributed by atoms with Crippen LogP contribution in [-0.4, -0.2) is 0 Å². The highest BCUT2D eigenvalue weighted by Gasteiger charge is 2.07. The van der Waals surface area contributed by atoms with E-state index in [0.29, 0.717) is 0 Å². The van der Waals surface area contributed by atoms with Gasteiger partial charge in [0.1, 0.15) is 5.50 Å². The van der Waals surface area contributed by atoms with Gasteiger partial charge in [0.05, 0.1) is 0 Å². The van der Waals surface area contributed by atoms with Crippen LogP contribution in [0.1, 0.15) is 16.6 Å². The zero-order chi connectivity index (χ0) is 8.97. The standard InChI is InChI=1S/C9H9Cl2N/c1-2-7-5-3-4-6-8(7)9(10)12-11/h2-6,9,12H,1H2. The maximum absolute atomic E-state index is 5.88. The number of hydrogen-bond donors (Lipinski definition) is 1. The molecule has 1 N–H and O–H groups in total. The van der Waals surface area contributed by atoms with Crippen LogP contribution in [-0.2, 0) is 0 Å². The molecule has 1 atom stereocenters. The lowest BCUT2D eigenvalue weighted by Gasteiger charge is -2.09. The molecule has 0 bridgehead atoms. The molecular formula is C9H9Cl2N. The summed E-state index contributed by atoms with van der Waals surface area (Å²) in [6.45, 7) is 3.68. The molecule has 64 valence electrons. The van der Waals surface area contributed by atoms with Crippen LogP contribution >= 0.6 is 23.4 Å². The Balaban J connectivity index is 3.04. The smallest absolute Gasteiger partial charge is 0.122 e. The van der Waals surface area contributed by atoms with E-state index in [1.165, 1.54) is 0 Å². The molecule has 0 radical (unpaired) electrons. The molecule has 0 aliphatic carbocycles. The van der Waals surface area contributed by atoms with Gasteiger partial charge in [0.15, 0.2) is 0 Å². The summed E-state index contributed by atoms with van der Waals surface area (Å²) in [6.07, 6.45) is 1.75. The van der Waals surface area contributed by atoms with Crippen molar-refractivity contribution in [2.75, 3.05) is 0 Å². The molecule has 1 rings (SSSR count). The minimum atomic E-state index is -0.374. The Labute approximate surface area is 82.1 Å². The van der Waals surface area contributed by atoms with Crippen molar-refractivity contribution in [2.45, 2.75) is 5.50 Å². The molecule has 1 aromatic rings. The number of rotatable bonds is 3. The molecule has 1 aromatic carbocycles. The second-order valence-electron chi connectivity index (χ2n) is 2.30. The first-order valence-corrected chi connectivity index (χ1v) is 4.32. The van der Waals surface area contributed by atoms with Gasteiger partial charge in [0.2, 0.25) is 0 Å². The van der Waals surface area contributed by atoms with Crippen molar-refractivity contribution in [3.63, 3.8) is 0 Å². The van der Waals surface area contributed by atoms with Crippen LogP contribution in [0.2, 0.25) is 0 Å². The SMILES string of the molecule is C=Cc1ccccc1C(Cl)NCl. The quantitative estimate of drug-likeness (QED) is 0.450. The third-order valence-corrected chi connectivity index (χ3v) is 2.26. The van der Waals surface area contributed by atoms with E-state index in [9.17, 15) is 0 Å². The van der Waals surface area contributed by atoms with Crippen LogP contribution in [0.5, 0.6) is 0 Å². The van der Waals surface area contributed by atoms with Crippen LogP contribution in [0.25, 0.3) is 6.08 Å². The monoisotopic (exact) mass is 201 g/mol. The van der Waals surface area contributed by atoms with Gasteiger partial charge < -0.3 is 0 Å². The Morgan fingerprint density at radius 3 is 2.67 bits per heavy atom. The van der Waals surface area contributed by atoms with E-state index in [0.717, 1.165) is 11.1 Å². The maximum Gasteiger partial charge on any atom is 0.122 e. The fourth-order valence-corrected chi connectivity index (χ4v) is 1.30. The first kappa shape index (κ1) is 9.59. The van der Waals surface area contributed by atoms with Gasteiger partial charge in [0, 0.05) is 0 Å². The molecule has 0 heterocycles. The van der Waals surface area contributed by atoms with Crippen LogP contribution in [0, 0.1) is 0 Å². The van der Waals surface area contributed by atoms with E-state index < -0.39 is 0 Å². The minimum Gasteiger partial charge on any atom is -0.212 e. The Morgan fingerprint density at radius 1 is 1.42 bits per heavy atom. The van der Waals surface area contributed by atoms with Crippen LogP contribution in [0.4, 0.5) is 0 Å². The topological polar surface area (TPSA) is 12.0 Å². The molecule has 0 aromatic heterocycles. The van der Waals surface area contributed by atoms with Gasteiger partial charge in [-0.15, -0.1) is 0 Å². The molecule has 0 aliphatic rings. The van der Waals surface area contributed by atoms with Crippen molar-refractivity contribution < 1.29 is 0 Å². The van der Waals surface area contributed by atoms with Crippen LogP contribution < -0.4 is 4.84 Å². The highest BCUT2D eigenvalue weighted by atomic mass is 35.5. The molecule has 0 aliphatic heterocycles. The van der Waals surface area contributed by atoms with E-state index in [4.69, 9.17) is 23.4 Å². The average molecular weight is 202 g/mol. The summed E-state index contributed by atoms with van der Waals surface area (Å²) >= 11 is 11.3. The number of alkyl halides is 1. The molecule has 0 spiro atoms. The van der Waals surface area contributed by atoms with Crippen molar-refractivity contribution in [3.05, 3.63) is 42.0 Å². The zero-order valence-corrected chi connectivity index (χ0v) is 7.94. The lowest BCUT2D eigenvalue weighted by molar-refractivity contribution is 0.915. The molecule has 0 amide bonds. The summed E-state index contributed by atoms with van der Waals surface area (Å²) in [5.74, 6) is 0. The minimum absolute atomic E-state index is 0.374. The second kappa shape index (κ2) is 4.51. The van der Waals surface area contributed by atoms with E-state index in [1.807, 2.05) is 24.3 Å². The van der Waals surface area contributed by atoms with Crippen molar-refractivity contribution in [1.82, 2.24) is 4.84 Å². The van der Waals surface area contributed by atoms with Crippen molar-refractivity contribution >= 4 is 29.5 Å². The Hall–Kier alpha value is -0.500. The average Bonchev–Trinajstić information content (AvgIpc) is 2.16. The van der Waals surface area contributed by atoms with Gasteiger partial charge >= 0.3 is 0 Å². The highest BCUT2D eigenvalue weighted by molar-refractivity contribution is 6.25. The Kier molecular flexibility index (Phi) is 3.60. The molecule has 12 heavy (non-hydrogen) atoms. The summed E-state index contributed by atoms with van der Waals surface area (Å²) in [4.78, 5) is 2.45. The number of nitrogens with one attached hydrogen (secondary N) is 1. The number of benzene rings is 1. The lowest BCUT2D eigenvalue weighted by atomic mass is 10.1. The Morgan fingerprint density at radius 2 is 2.08 bits per heavy atom. The van der Waals surface area contributed by atoms with Gasteiger partial charge in [-0.1, -0.05) is 48.5 Å². The molecule has 0 saturated carbocycles. The summed E-state index contributed by atoms with van der Waals surface area (Å²) in [6, 6.07) is 7.68. The van der Waals surface area contributed by atoms with Gasteiger partial charge in [-0.3, -0.25) is 0 Å². The van der Waals surface area contributed by atoms with Crippen LogP contribution in [0.15, 0.2) is 30.8 Å². The van der Waals surface area contributed by atoms with Gasteiger partial charge in [-0.05, 0) is 22.9 Å². The zero-order valence-electron chi connectivity index (χ0n) is 6.43. The molecule has 1 unspecified atom stereocenters. The fraction of sp³-hybridized carbons (Fsp3) is 0.111. The first-order chi connectivity index (χ1) is 5.79. The molecular weight excluding hydrogens is 193 g/mol. The van der Waals surface area contributed by atoms with Gasteiger partial charge in [-0.25, -0.2) is 4.84 Å². The second-order valence-corrected chi connectivity index (χ2v) is 2.96.